The van der Waals surface area contributed by atoms with Gasteiger partial charge in [0, 0.05) is 31.5 Å². The average Bonchev–Trinajstić information content (AvgIpc) is 2.61. The van der Waals surface area contributed by atoms with Crippen molar-refractivity contribution in [3.8, 4) is 5.75 Å². The first-order chi connectivity index (χ1) is 12.0. The number of para-hydroxylation sites is 2. The highest BCUT2D eigenvalue weighted by Crippen LogP contribution is 2.27. The molecule has 2 amide bonds. The van der Waals surface area contributed by atoms with Gasteiger partial charge in [0.05, 0.1) is 12.8 Å². The molecule has 0 aliphatic rings. The van der Waals surface area contributed by atoms with Crippen LogP contribution >= 0.6 is 11.6 Å². The second-order valence-corrected chi connectivity index (χ2v) is 5.87. The molecule has 0 heterocycles. The zero-order valence-corrected chi connectivity index (χ0v) is 15.0. The van der Waals surface area contributed by atoms with E-state index in [2.05, 4.69) is 5.32 Å². The van der Waals surface area contributed by atoms with E-state index in [0.29, 0.717) is 23.0 Å². The number of nitrogens with zero attached hydrogens (tertiary/aromatic N) is 1. The zero-order chi connectivity index (χ0) is 18.2. The van der Waals surface area contributed by atoms with E-state index in [1.54, 1.807) is 25.3 Å². The Balaban J connectivity index is 1.96. The molecule has 0 atom stereocenters. The summed E-state index contributed by atoms with van der Waals surface area (Å²) < 4.78 is 5.29. The third-order valence-electron chi connectivity index (χ3n) is 3.75. The van der Waals surface area contributed by atoms with Crippen LogP contribution in [0.1, 0.15) is 18.9 Å². The number of rotatable bonds is 7. The molecule has 2 aromatic carbocycles. The standard InChI is InChI=1S/C19H21ClN2O3/c1-14(23)22(17-9-5-6-10-18(17)25-2)12-11-19(24)21-13-15-7-3-4-8-16(15)20/h3-10H,11-13H2,1-2H3,(H,21,24). The molecule has 0 radical (unpaired) electrons. The van der Waals surface area contributed by atoms with Gasteiger partial charge in [-0.25, -0.2) is 0 Å². The minimum absolute atomic E-state index is 0.150. The van der Waals surface area contributed by atoms with Gasteiger partial charge >= 0.3 is 0 Å². The Morgan fingerprint density at radius 2 is 1.80 bits per heavy atom. The van der Waals surface area contributed by atoms with Crippen molar-refractivity contribution >= 4 is 29.1 Å². The number of hydrogen-bond donors (Lipinski definition) is 1. The number of halogens is 1. The number of methoxy groups -OCH3 is 1. The molecule has 0 bridgehead atoms. The van der Waals surface area contributed by atoms with Crippen molar-refractivity contribution in [2.24, 2.45) is 0 Å². The lowest BCUT2D eigenvalue weighted by molar-refractivity contribution is -0.121. The molecule has 25 heavy (non-hydrogen) atoms. The third kappa shape index (κ3) is 5.22. The van der Waals surface area contributed by atoms with Crippen LogP contribution in [0.4, 0.5) is 5.69 Å². The van der Waals surface area contributed by atoms with Crippen molar-refractivity contribution in [3.63, 3.8) is 0 Å². The summed E-state index contributed by atoms with van der Waals surface area (Å²) in [5.41, 5.74) is 1.50. The maximum absolute atomic E-state index is 12.1. The molecular weight excluding hydrogens is 340 g/mol. The highest BCUT2D eigenvalue weighted by atomic mass is 35.5. The van der Waals surface area contributed by atoms with Crippen LogP contribution in [0, 0.1) is 0 Å². The number of ether oxygens (including phenoxy) is 1. The average molecular weight is 361 g/mol. The molecule has 0 saturated carbocycles. The molecule has 0 fully saturated rings. The molecule has 0 unspecified atom stereocenters. The molecule has 1 N–H and O–H groups in total. The lowest BCUT2D eigenvalue weighted by Gasteiger charge is -2.23. The molecule has 2 aromatic rings. The van der Waals surface area contributed by atoms with Gasteiger partial charge in [0.15, 0.2) is 0 Å². The van der Waals surface area contributed by atoms with Crippen molar-refractivity contribution in [1.82, 2.24) is 5.32 Å². The lowest BCUT2D eigenvalue weighted by atomic mass is 10.2. The molecule has 0 aliphatic heterocycles. The maximum Gasteiger partial charge on any atom is 0.223 e. The summed E-state index contributed by atoms with van der Waals surface area (Å²) in [6.07, 6.45) is 0.183. The number of carbonyl (C=O) groups excluding carboxylic acids is 2. The first-order valence-electron chi connectivity index (χ1n) is 7.94. The first kappa shape index (κ1) is 18.8. The van der Waals surface area contributed by atoms with Gasteiger partial charge in [-0.05, 0) is 23.8 Å². The van der Waals surface area contributed by atoms with E-state index < -0.39 is 0 Å². The molecule has 5 nitrogen and oxygen atoms in total. The van der Waals surface area contributed by atoms with Crippen LogP contribution in [-0.4, -0.2) is 25.5 Å². The molecule has 0 spiro atoms. The van der Waals surface area contributed by atoms with E-state index in [0.717, 1.165) is 5.56 Å². The smallest absolute Gasteiger partial charge is 0.223 e. The molecule has 0 saturated heterocycles. The number of hydrogen-bond acceptors (Lipinski definition) is 3. The van der Waals surface area contributed by atoms with Crippen molar-refractivity contribution < 1.29 is 14.3 Å². The second-order valence-electron chi connectivity index (χ2n) is 5.46. The Bertz CT molecular complexity index is 749. The Morgan fingerprint density at radius 1 is 1.12 bits per heavy atom. The van der Waals surface area contributed by atoms with Gasteiger partial charge in [0.25, 0.3) is 0 Å². The van der Waals surface area contributed by atoms with Gasteiger partial charge in [-0.1, -0.05) is 41.9 Å². The van der Waals surface area contributed by atoms with E-state index in [1.165, 1.54) is 11.8 Å². The Hall–Kier alpha value is -2.53. The van der Waals surface area contributed by atoms with Crippen molar-refractivity contribution in [1.29, 1.82) is 0 Å². The van der Waals surface area contributed by atoms with E-state index in [1.807, 2.05) is 30.3 Å². The highest BCUT2D eigenvalue weighted by Gasteiger charge is 2.17. The number of nitrogens with one attached hydrogen (secondary N) is 1. The van der Waals surface area contributed by atoms with Gasteiger partial charge in [-0.15, -0.1) is 0 Å². The molecule has 6 heteroatoms. The lowest BCUT2D eigenvalue weighted by Crippen LogP contribution is -2.34. The van der Waals surface area contributed by atoms with Crippen molar-refractivity contribution in [2.45, 2.75) is 19.9 Å². The van der Waals surface area contributed by atoms with Gasteiger partial charge in [-0.2, -0.15) is 0 Å². The van der Waals surface area contributed by atoms with Gasteiger partial charge in [0.1, 0.15) is 5.75 Å². The largest absolute Gasteiger partial charge is 0.495 e. The van der Waals surface area contributed by atoms with Crippen molar-refractivity contribution in [2.75, 3.05) is 18.6 Å². The zero-order valence-electron chi connectivity index (χ0n) is 14.3. The van der Waals surface area contributed by atoms with E-state index in [9.17, 15) is 9.59 Å². The van der Waals surface area contributed by atoms with Crippen molar-refractivity contribution in [3.05, 3.63) is 59.1 Å². The van der Waals surface area contributed by atoms with Crippen LogP contribution in [0.25, 0.3) is 0 Å². The Morgan fingerprint density at radius 3 is 2.48 bits per heavy atom. The van der Waals surface area contributed by atoms with E-state index >= 15 is 0 Å². The predicted octanol–water partition coefficient (Wildman–Crippen LogP) is 3.41. The number of anilines is 1. The molecule has 0 aliphatic carbocycles. The summed E-state index contributed by atoms with van der Waals surface area (Å²) >= 11 is 6.07. The second kappa shape index (κ2) is 9.08. The third-order valence-corrected chi connectivity index (χ3v) is 4.12. The fourth-order valence-corrected chi connectivity index (χ4v) is 2.64. The summed E-state index contributed by atoms with van der Waals surface area (Å²) in [5.74, 6) is 0.290. The summed E-state index contributed by atoms with van der Waals surface area (Å²) in [6, 6.07) is 14.6. The summed E-state index contributed by atoms with van der Waals surface area (Å²) in [4.78, 5) is 25.6. The number of benzene rings is 2. The number of carbonyl (C=O) groups is 2. The van der Waals surface area contributed by atoms with Crippen LogP contribution in [0.15, 0.2) is 48.5 Å². The van der Waals surface area contributed by atoms with E-state index in [4.69, 9.17) is 16.3 Å². The van der Waals surface area contributed by atoms with E-state index in [-0.39, 0.29) is 24.8 Å². The van der Waals surface area contributed by atoms with Crippen LogP contribution in [-0.2, 0) is 16.1 Å². The minimum Gasteiger partial charge on any atom is -0.495 e. The number of amides is 2. The molecular formula is C19H21ClN2O3. The SMILES string of the molecule is COc1ccccc1N(CCC(=O)NCc1ccccc1Cl)C(C)=O. The predicted molar refractivity (Wildman–Crippen MR) is 98.9 cm³/mol. The summed E-state index contributed by atoms with van der Waals surface area (Å²) in [7, 11) is 1.55. The minimum atomic E-state index is -0.152. The Kier molecular flexibility index (Phi) is 6.83. The maximum atomic E-state index is 12.1. The topological polar surface area (TPSA) is 58.6 Å². The van der Waals surface area contributed by atoms with Crippen LogP contribution in [0.5, 0.6) is 5.75 Å². The molecule has 2 rings (SSSR count). The fourth-order valence-electron chi connectivity index (χ4n) is 2.44. The molecule has 132 valence electrons. The summed E-state index contributed by atoms with van der Waals surface area (Å²) in [6.45, 7) is 2.09. The quantitative estimate of drug-likeness (QED) is 0.823. The van der Waals surface area contributed by atoms with Crippen LogP contribution in [0.2, 0.25) is 5.02 Å². The van der Waals surface area contributed by atoms with Gasteiger partial charge in [-0.3, -0.25) is 9.59 Å². The Labute approximate surface area is 152 Å². The van der Waals surface area contributed by atoms with Crippen LogP contribution < -0.4 is 15.0 Å². The molecule has 0 aromatic heterocycles. The highest BCUT2D eigenvalue weighted by molar-refractivity contribution is 6.31. The first-order valence-corrected chi connectivity index (χ1v) is 8.32. The normalized spacial score (nSPS) is 10.2. The monoisotopic (exact) mass is 360 g/mol. The van der Waals surface area contributed by atoms with Gasteiger partial charge in [0.2, 0.25) is 11.8 Å². The van der Waals surface area contributed by atoms with Gasteiger partial charge < -0.3 is 15.0 Å². The summed E-state index contributed by atoms with van der Waals surface area (Å²) in [5, 5.41) is 3.43. The fraction of sp³-hybridized carbons (Fsp3) is 0.263. The van der Waals surface area contributed by atoms with Crippen LogP contribution in [0.3, 0.4) is 0 Å².